The number of para-hydroxylation sites is 1. The van der Waals surface area contributed by atoms with Gasteiger partial charge in [-0.15, -0.1) is 0 Å². The number of hydrogen-bond acceptors (Lipinski definition) is 3. The third-order valence-electron chi connectivity index (χ3n) is 3.15. The van der Waals surface area contributed by atoms with Gasteiger partial charge in [0.05, 0.1) is 24.8 Å². The molecule has 0 saturated heterocycles. The van der Waals surface area contributed by atoms with Gasteiger partial charge in [-0.05, 0) is 25.0 Å². The summed E-state index contributed by atoms with van der Waals surface area (Å²) < 4.78 is 5.89. The van der Waals surface area contributed by atoms with Crippen LogP contribution in [-0.4, -0.2) is 42.3 Å². The summed E-state index contributed by atoms with van der Waals surface area (Å²) in [5, 5.41) is 3.19. The molecule has 1 heterocycles. The van der Waals surface area contributed by atoms with Crippen molar-refractivity contribution in [3.8, 4) is 17.0 Å². The molecule has 2 aromatic rings. The van der Waals surface area contributed by atoms with E-state index in [-0.39, 0.29) is 0 Å². The van der Waals surface area contributed by atoms with Crippen LogP contribution in [0.5, 0.6) is 5.75 Å². The van der Waals surface area contributed by atoms with Gasteiger partial charge in [0, 0.05) is 25.4 Å². The van der Waals surface area contributed by atoms with Gasteiger partial charge in [-0.25, -0.2) is 9.98 Å². The number of imidazole rings is 1. The Morgan fingerprint density at radius 2 is 2.26 bits per heavy atom. The quantitative estimate of drug-likeness (QED) is 0.469. The number of aromatic amines is 1. The summed E-state index contributed by atoms with van der Waals surface area (Å²) >= 11 is 0. The summed E-state index contributed by atoms with van der Waals surface area (Å²) in [4.78, 5) is 15.5. The van der Waals surface area contributed by atoms with Crippen molar-refractivity contribution in [3.05, 3.63) is 36.8 Å². The fraction of sp³-hybridized carbons (Fsp3) is 0.353. The minimum Gasteiger partial charge on any atom is -0.493 e. The fourth-order valence-electron chi connectivity index (χ4n) is 2.03. The molecule has 6 nitrogen and oxygen atoms in total. The molecule has 1 aromatic heterocycles. The first-order valence-electron chi connectivity index (χ1n) is 7.79. The highest BCUT2D eigenvalue weighted by atomic mass is 16.5. The Hall–Kier alpha value is -2.63. The molecular formula is C17H23N5O. The van der Waals surface area contributed by atoms with E-state index in [4.69, 9.17) is 4.74 Å². The van der Waals surface area contributed by atoms with Crippen LogP contribution in [-0.2, 0) is 0 Å². The van der Waals surface area contributed by atoms with Crippen LogP contribution in [0.25, 0.3) is 11.3 Å². The molecule has 1 aromatic carbocycles. The number of nitrogens with one attached hydrogen (secondary N) is 2. The van der Waals surface area contributed by atoms with Crippen molar-refractivity contribution >= 4 is 12.2 Å². The summed E-state index contributed by atoms with van der Waals surface area (Å²) in [7, 11) is 1.73. The van der Waals surface area contributed by atoms with Gasteiger partial charge in [-0.3, -0.25) is 4.99 Å². The Morgan fingerprint density at radius 1 is 1.39 bits per heavy atom. The smallest absolute Gasteiger partial charge is 0.217 e. The maximum absolute atomic E-state index is 5.89. The van der Waals surface area contributed by atoms with Crippen LogP contribution in [0.1, 0.15) is 19.8 Å². The molecule has 0 amide bonds. The Bertz CT molecular complexity index is 634. The average molecular weight is 313 g/mol. The van der Waals surface area contributed by atoms with Crippen molar-refractivity contribution in [2.45, 2.75) is 19.8 Å². The highest BCUT2D eigenvalue weighted by molar-refractivity contribution is 5.87. The van der Waals surface area contributed by atoms with Crippen molar-refractivity contribution < 1.29 is 4.74 Å². The number of H-pyrrole nitrogens is 1. The van der Waals surface area contributed by atoms with E-state index in [1.165, 1.54) is 0 Å². The zero-order valence-corrected chi connectivity index (χ0v) is 13.6. The van der Waals surface area contributed by atoms with Crippen LogP contribution < -0.4 is 10.1 Å². The van der Waals surface area contributed by atoms with Crippen molar-refractivity contribution in [2.24, 2.45) is 9.98 Å². The van der Waals surface area contributed by atoms with Crippen molar-refractivity contribution in [1.29, 1.82) is 0 Å². The molecule has 6 heteroatoms. The first kappa shape index (κ1) is 16.7. The summed E-state index contributed by atoms with van der Waals surface area (Å²) in [6, 6.07) is 7.94. The highest BCUT2D eigenvalue weighted by Crippen LogP contribution is 2.27. The van der Waals surface area contributed by atoms with E-state index in [0.717, 1.165) is 36.4 Å². The predicted molar refractivity (Wildman–Crippen MR) is 94.3 cm³/mol. The first-order valence-corrected chi connectivity index (χ1v) is 7.79. The largest absolute Gasteiger partial charge is 0.493 e. The van der Waals surface area contributed by atoms with Crippen LogP contribution in [0, 0.1) is 0 Å². The van der Waals surface area contributed by atoms with Gasteiger partial charge in [-0.1, -0.05) is 19.1 Å². The summed E-state index contributed by atoms with van der Waals surface area (Å²) in [6.45, 7) is 3.42. The van der Waals surface area contributed by atoms with Crippen LogP contribution in [0.15, 0.2) is 46.8 Å². The van der Waals surface area contributed by atoms with Gasteiger partial charge < -0.3 is 15.0 Å². The maximum atomic E-state index is 5.89. The number of rotatable bonds is 7. The third kappa shape index (κ3) is 5.25. The lowest BCUT2D eigenvalue weighted by Gasteiger charge is -2.11. The predicted octanol–water partition coefficient (Wildman–Crippen LogP) is 2.90. The molecular weight excluding hydrogens is 290 g/mol. The molecule has 0 bridgehead atoms. The van der Waals surface area contributed by atoms with Gasteiger partial charge in [0.25, 0.3) is 0 Å². The Labute approximate surface area is 136 Å². The second kappa shape index (κ2) is 9.40. The molecule has 2 rings (SSSR count). The normalized spacial score (nSPS) is 11.8. The summed E-state index contributed by atoms with van der Waals surface area (Å²) in [5.74, 6) is 1.51. The zero-order chi connectivity index (χ0) is 16.3. The third-order valence-corrected chi connectivity index (χ3v) is 3.15. The van der Waals surface area contributed by atoms with E-state index in [1.807, 2.05) is 37.4 Å². The molecule has 2 N–H and O–H groups in total. The van der Waals surface area contributed by atoms with E-state index in [0.29, 0.717) is 12.6 Å². The summed E-state index contributed by atoms with van der Waals surface area (Å²) in [6.07, 6.45) is 7.05. The number of aromatic nitrogens is 2. The van der Waals surface area contributed by atoms with Gasteiger partial charge in [0.15, 0.2) is 0 Å². The molecule has 0 radical (unpaired) electrons. The van der Waals surface area contributed by atoms with Crippen LogP contribution in [0.4, 0.5) is 0 Å². The average Bonchev–Trinajstić information content (AvgIpc) is 3.12. The molecule has 23 heavy (non-hydrogen) atoms. The Morgan fingerprint density at radius 3 is 3.00 bits per heavy atom. The Balaban J connectivity index is 1.80. The van der Waals surface area contributed by atoms with Gasteiger partial charge in [0.1, 0.15) is 5.75 Å². The molecule has 0 fully saturated rings. The second-order valence-electron chi connectivity index (χ2n) is 4.86. The number of hydrogen-bond donors (Lipinski definition) is 2. The van der Waals surface area contributed by atoms with E-state index in [2.05, 4.69) is 25.3 Å². The van der Waals surface area contributed by atoms with Crippen LogP contribution in [0.2, 0.25) is 0 Å². The highest BCUT2D eigenvalue weighted by Gasteiger charge is 2.06. The molecule has 0 atom stereocenters. The minimum absolute atomic E-state index is 0.618. The number of guanidine groups is 1. The topological polar surface area (TPSA) is 74.7 Å². The second-order valence-corrected chi connectivity index (χ2v) is 4.86. The van der Waals surface area contributed by atoms with Crippen LogP contribution in [0.3, 0.4) is 0 Å². The monoisotopic (exact) mass is 313 g/mol. The fourth-order valence-corrected chi connectivity index (χ4v) is 2.03. The van der Waals surface area contributed by atoms with Gasteiger partial charge in [0.2, 0.25) is 5.96 Å². The van der Waals surface area contributed by atoms with Crippen molar-refractivity contribution in [1.82, 2.24) is 15.3 Å². The minimum atomic E-state index is 0.618. The molecule has 122 valence electrons. The van der Waals surface area contributed by atoms with Gasteiger partial charge in [-0.2, -0.15) is 0 Å². The molecule has 0 spiro atoms. The van der Waals surface area contributed by atoms with E-state index >= 15 is 0 Å². The number of nitrogens with zero attached hydrogens (tertiary/aromatic N) is 3. The number of ether oxygens (including phenoxy) is 1. The van der Waals surface area contributed by atoms with Crippen LogP contribution >= 0.6 is 0 Å². The number of aliphatic imine (C=N–C) groups is 2. The lowest BCUT2D eigenvalue weighted by Crippen LogP contribution is -2.24. The van der Waals surface area contributed by atoms with E-state index in [9.17, 15) is 0 Å². The first-order chi connectivity index (χ1) is 11.3. The van der Waals surface area contributed by atoms with E-state index < -0.39 is 0 Å². The molecule has 0 aliphatic rings. The Kier molecular flexibility index (Phi) is 6.84. The lowest BCUT2D eigenvalue weighted by molar-refractivity contribution is 0.312. The molecule has 0 aliphatic heterocycles. The van der Waals surface area contributed by atoms with Gasteiger partial charge >= 0.3 is 0 Å². The standard InChI is InChI=1S/C17H23N5O/c1-3-9-20-17(18-2)21-10-6-11-23-16-8-5-4-7-14(16)15-12-19-13-22-15/h4-5,7-9,12-13H,3,6,10-11H2,1-2H3,(H,18,21)(H,19,22)/b20-9-. The molecule has 0 unspecified atom stereocenters. The number of benzene rings is 1. The van der Waals surface area contributed by atoms with E-state index in [1.54, 1.807) is 19.6 Å². The molecule has 0 aliphatic carbocycles. The van der Waals surface area contributed by atoms with Crippen molar-refractivity contribution in [3.63, 3.8) is 0 Å². The zero-order valence-electron chi connectivity index (χ0n) is 13.6. The maximum Gasteiger partial charge on any atom is 0.217 e. The molecule has 0 saturated carbocycles. The summed E-state index contributed by atoms with van der Waals surface area (Å²) in [5.41, 5.74) is 1.97. The SMILES string of the molecule is CC/C=N\C(=NC)NCCCOc1ccccc1-c1cnc[nH]1. The van der Waals surface area contributed by atoms with Crippen molar-refractivity contribution in [2.75, 3.05) is 20.2 Å². The lowest BCUT2D eigenvalue weighted by atomic mass is 10.1.